The van der Waals surface area contributed by atoms with Crippen LogP contribution in [0.25, 0.3) is 0 Å². The normalized spacial score (nSPS) is 29.8. The summed E-state index contributed by atoms with van der Waals surface area (Å²) in [6.45, 7) is 6.60. The first-order valence-electron chi connectivity index (χ1n) is 6.62. The van der Waals surface area contributed by atoms with Crippen LogP contribution in [0.3, 0.4) is 0 Å². The summed E-state index contributed by atoms with van der Waals surface area (Å²) in [6, 6.07) is 0. The van der Waals surface area contributed by atoms with Gasteiger partial charge in [0.2, 0.25) is 0 Å². The maximum absolute atomic E-state index is 10.6. The molecule has 1 aliphatic carbocycles. The number of thiazole rings is 1. The third kappa shape index (κ3) is 3.29. The van der Waals surface area contributed by atoms with Gasteiger partial charge in [-0.3, -0.25) is 0 Å². The highest BCUT2D eigenvalue weighted by molar-refractivity contribution is 7.09. The average Bonchev–Trinajstić information content (AvgIpc) is 2.63. The molecule has 1 saturated carbocycles. The lowest BCUT2D eigenvalue weighted by molar-refractivity contribution is -0.0146. The molecule has 1 aromatic heterocycles. The molecule has 1 heterocycles. The second kappa shape index (κ2) is 5.07. The Labute approximate surface area is 108 Å². The molecule has 0 radical (unpaired) electrons. The zero-order chi connectivity index (χ0) is 12.5. The summed E-state index contributed by atoms with van der Waals surface area (Å²) >= 11 is 1.68. The smallest absolute Gasteiger partial charge is 0.0956 e. The molecule has 17 heavy (non-hydrogen) atoms. The van der Waals surface area contributed by atoms with Gasteiger partial charge in [-0.1, -0.05) is 13.8 Å². The van der Waals surface area contributed by atoms with E-state index >= 15 is 0 Å². The zero-order valence-electron chi connectivity index (χ0n) is 11.1. The van der Waals surface area contributed by atoms with E-state index in [0.717, 1.165) is 41.8 Å². The summed E-state index contributed by atoms with van der Waals surface area (Å²) in [5.41, 5.74) is 0.583. The fraction of sp³-hybridized carbons (Fsp3) is 0.786. The molecule has 0 spiro atoms. The maximum atomic E-state index is 10.6. The van der Waals surface area contributed by atoms with Crippen LogP contribution in [-0.2, 0) is 6.42 Å². The van der Waals surface area contributed by atoms with Crippen molar-refractivity contribution in [3.8, 4) is 0 Å². The van der Waals surface area contributed by atoms with Crippen LogP contribution in [-0.4, -0.2) is 15.7 Å². The first kappa shape index (κ1) is 13.0. The van der Waals surface area contributed by atoms with E-state index in [1.54, 1.807) is 11.3 Å². The molecular weight excluding hydrogens is 230 g/mol. The minimum absolute atomic E-state index is 0.490. The van der Waals surface area contributed by atoms with E-state index in [1.165, 1.54) is 12.8 Å². The van der Waals surface area contributed by atoms with Gasteiger partial charge in [-0.05, 0) is 44.4 Å². The fourth-order valence-electron chi connectivity index (χ4n) is 2.79. The Morgan fingerprint density at radius 2 is 2.12 bits per heavy atom. The van der Waals surface area contributed by atoms with E-state index in [0.29, 0.717) is 0 Å². The number of aryl methyl sites for hydroxylation is 1. The van der Waals surface area contributed by atoms with Crippen molar-refractivity contribution in [1.29, 1.82) is 0 Å². The minimum Gasteiger partial charge on any atom is -0.389 e. The Balaban J connectivity index is 1.93. The lowest BCUT2D eigenvalue weighted by Gasteiger charge is -2.37. The number of aromatic nitrogens is 1. The van der Waals surface area contributed by atoms with Crippen molar-refractivity contribution in [3.63, 3.8) is 0 Å². The van der Waals surface area contributed by atoms with Crippen molar-refractivity contribution in [2.45, 2.75) is 58.5 Å². The molecule has 1 aromatic rings. The highest BCUT2D eigenvalue weighted by atomic mass is 32.1. The lowest BCUT2D eigenvalue weighted by Crippen LogP contribution is -2.37. The van der Waals surface area contributed by atoms with E-state index in [2.05, 4.69) is 24.2 Å². The van der Waals surface area contributed by atoms with Crippen LogP contribution in [0.15, 0.2) is 5.38 Å². The van der Waals surface area contributed by atoms with Crippen LogP contribution in [0.2, 0.25) is 0 Å². The fourth-order valence-corrected chi connectivity index (χ4v) is 3.69. The molecule has 1 N–H and O–H groups in total. The molecule has 0 aromatic carbocycles. The Bertz CT molecular complexity index is 364. The summed E-state index contributed by atoms with van der Waals surface area (Å²) < 4.78 is 0. The predicted octanol–water partition coefficient (Wildman–Crippen LogP) is 3.57. The Morgan fingerprint density at radius 3 is 2.59 bits per heavy atom. The zero-order valence-corrected chi connectivity index (χ0v) is 11.9. The van der Waals surface area contributed by atoms with Crippen molar-refractivity contribution < 1.29 is 5.11 Å². The topological polar surface area (TPSA) is 33.1 Å². The second-order valence-corrected chi connectivity index (χ2v) is 6.81. The Hall–Kier alpha value is -0.410. The van der Waals surface area contributed by atoms with E-state index < -0.39 is 5.60 Å². The minimum atomic E-state index is -0.490. The van der Waals surface area contributed by atoms with Gasteiger partial charge in [0.15, 0.2) is 0 Å². The largest absolute Gasteiger partial charge is 0.389 e. The van der Waals surface area contributed by atoms with Gasteiger partial charge in [-0.2, -0.15) is 0 Å². The number of nitrogens with zero attached hydrogens (tertiary/aromatic N) is 1. The highest BCUT2D eigenvalue weighted by Gasteiger charge is 2.34. The molecular formula is C14H23NOS. The van der Waals surface area contributed by atoms with Gasteiger partial charge >= 0.3 is 0 Å². The van der Waals surface area contributed by atoms with Gasteiger partial charge in [0.25, 0.3) is 0 Å². The van der Waals surface area contributed by atoms with Crippen molar-refractivity contribution >= 4 is 11.3 Å². The second-order valence-electron chi connectivity index (χ2n) is 5.87. The molecule has 1 aliphatic rings. The third-order valence-electron chi connectivity index (χ3n) is 4.05. The van der Waals surface area contributed by atoms with Gasteiger partial charge in [-0.25, -0.2) is 4.98 Å². The van der Waals surface area contributed by atoms with E-state index in [1.807, 2.05) is 6.92 Å². The standard InChI is InChI=1S/C14H23NOS/c1-10(2)12-4-6-14(16,7-5-12)8-13-15-11(3)9-17-13/h9-10,12,16H,4-8H2,1-3H3. The molecule has 2 rings (SSSR count). The summed E-state index contributed by atoms with van der Waals surface area (Å²) in [6.07, 6.45) is 4.95. The van der Waals surface area contributed by atoms with Crippen LogP contribution in [0.5, 0.6) is 0 Å². The van der Waals surface area contributed by atoms with Gasteiger partial charge in [0, 0.05) is 17.5 Å². The molecule has 0 atom stereocenters. The van der Waals surface area contributed by atoms with E-state index in [4.69, 9.17) is 0 Å². The highest BCUT2D eigenvalue weighted by Crippen LogP contribution is 2.37. The van der Waals surface area contributed by atoms with Crippen molar-refractivity contribution in [2.24, 2.45) is 11.8 Å². The molecule has 3 heteroatoms. The molecule has 96 valence electrons. The van der Waals surface area contributed by atoms with Crippen LogP contribution in [0.4, 0.5) is 0 Å². The molecule has 0 saturated heterocycles. The third-order valence-corrected chi connectivity index (χ3v) is 5.02. The van der Waals surface area contributed by atoms with Crippen molar-refractivity contribution in [3.05, 3.63) is 16.1 Å². The molecule has 0 bridgehead atoms. The van der Waals surface area contributed by atoms with E-state index in [-0.39, 0.29) is 0 Å². The number of hydrogen-bond donors (Lipinski definition) is 1. The quantitative estimate of drug-likeness (QED) is 0.893. The van der Waals surface area contributed by atoms with Crippen LogP contribution in [0, 0.1) is 18.8 Å². The summed E-state index contributed by atoms with van der Waals surface area (Å²) in [4.78, 5) is 4.46. The SMILES string of the molecule is Cc1csc(CC2(O)CCC(C(C)C)CC2)n1. The van der Waals surface area contributed by atoms with Gasteiger partial charge in [-0.15, -0.1) is 11.3 Å². The Morgan fingerprint density at radius 1 is 1.47 bits per heavy atom. The first-order valence-corrected chi connectivity index (χ1v) is 7.50. The molecule has 0 amide bonds. The van der Waals surface area contributed by atoms with E-state index in [9.17, 15) is 5.11 Å². The first-order chi connectivity index (χ1) is 7.98. The molecule has 0 aliphatic heterocycles. The number of rotatable bonds is 3. The number of hydrogen-bond acceptors (Lipinski definition) is 3. The molecule has 2 nitrogen and oxygen atoms in total. The van der Waals surface area contributed by atoms with Crippen molar-refractivity contribution in [2.75, 3.05) is 0 Å². The molecule has 0 unspecified atom stereocenters. The maximum Gasteiger partial charge on any atom is 0.0956 e. The van der Waals surface area contributed by atoms with Gasteiger partial charge < -0.3 is 5.11 Å². The lowest BCUT2D eigenvalue weighted by atomic mass is 9.73. The predicted molar refractivity (Wildman–Crippen MR) is 72.3 cm³/mol. The summed E-state index contributed by atoms with van der Waals surface area (Å²) in [5.74, 6) is 1.55. The van der Waals surface area contributed by atoms with Crippen molar-refractivity contribution in [1.82, 2.24) is 4.98 Å². The van der Waals surface area contributed by atoms with Crippen LogP contribution >= 0.6 is 11.3 Å². The summed E-state index contributed by atoms with van der Waals surface area (Å²) in [7, 11) is 0. The Kier molecular flexibility index (Phi) is 3.88. The monoisotopic (exact) mass is 253 g/mol. The summed E-state index contributed by atoms with van der Waals surface area (Å²) in [5, 5.41) is 13.8. The van der Waals surface area contributed by atoms with Crippen LogP contribution < -0.4 is 0 Å². The van der Waals surface area contributed by atoms with Crippen LogP contribution in [0.1, 0.15) is 50.2 Å². The number of aliphatic hydroxyl groups is 1. The van der Waals surface area contributed by atoms with Gasteiger partial charge in [0.05, 0.1) is 10.6 Å². The molecule has 1 fully saturated rings. The average molecular weight is 253 g/mol. The van der Waals surface area contributed by atoms with Gasteiger partial charge in [0.1, 0.15) is 0 Å².